The predicted octanol–water partition coefficient (Wildman–Crippen LogP) is 4.30. The lowest BCUT2D eigenvalue weighted by Crippen LogP contribution is -2.23. The summed E-state index contributed by atoms with van der Waals surface area (Å²) in [5.74, 6) is -1.78. The number of aromatic nitrogens is 1. The molecule has 0 fully saturated rings. The molecule has 3 aromatic carbocycles. The van der Waals surface area contributed by atoms with Crippen LogP contribution in [0.4, 0.5) is 5.69 Å². The number of pyridine rings is 1. The van der Waals surface area contributed by atoms with Gasteiger partial charge in [0.2, 0.25) is 5.75 Å². The Bertz CT molecular complexity index is 1690. The van der Waals surface area contributed by atoms with Crippen LogP contribution in [0.3, 0.4) is 0 Å². The van der Waals surface area contributed by atoms with Gasteiger partial charge in [-0.05, 0) is 42.5 Å². The molecule has 0 aliphatic rings. The molecule has 1 N–H and O–H groups in total. The lowest BCUT2D eigenvalue weighted by atomic mass is 10.0. The number of nitrogens with one attached hydrogen (secondary N) is 1. The monoisotopic (exact) mass is 588 g/mol. The van der Waals surface area contributed by atoms with Crippen LogP contribution in [0, 0.1) is 0 Å². The number of rotatable bonds is 10. The largest absolute Gasteiger partial charge is 0.493 e. The average Bonchev–Trinajstić information content (AvgIpc) is 3.04. The second-order valence-electron chi connectivity index (χ2n) is 8.85. The van der Waals surface area contributed by atoms with E-state index in [0.29, 0.717) is 39.4 Å². The van der Waals surface area contributed by atoms with E-state index < -0.39 is 30.4 Å². The highest BCUT2D eigenvalue weighted by Gasteiger charge is 2.21. The minimum Gasteiger partial charge on any atom is -0.493 e. The van der Waals surface area contributed by atoms with Gasteiger partial charge in [0.15, 0.2) is 18.1 Å². The minimum atomic E-state index is -0.793. The number of fused-ring (bicyclic) bond motifs is 1. The van der Waals surface area contributed by atoms with Crippen LogP contribution in [-0.4, -0.2) is 71.0 Å². The third kappa shape index (κ3) is 6.48. The van der Waals surface area contributed by atoms with Crippen LogP contribution < -0.4 is 19.5 Å². The fraction of sp³-hybridized carbons (Fsp3) is 0.194. The maximum Gasteiger partial charge on any atom is 0.339 e. The van der Waals surface area contributed by atoms with Gasteiger partial charge in [0.25, 0.3) is 5.91 Å². The number of hydrogen-bond donors (Lipinski definition) is 1. The molecule has 0 aliphatic heterocycles. The van der Waals surface area contributed by atoms with Crippen molar-refractivity contribution in [3.8, 4) is 28.5 Å². The number of para-hydroxylation sites is 1. The summed E-state index contributed by atoms with van der Waals surface area (Å²) in [7, 11) is 6.84. The molecule has 0 atom stereocenters. The molecule has 0 saturated carbocycles. The lowest BCUT2D eigenvalue weighted by Gasteiger charge is -2.15. The van der Waals surface area contributed by atoms with E-state index in [1.54, 1.807) is 42.5 Å². The van der Waals surface area contributed by atoms with Crippen LogP contribution in [-0.2, 0) is 19.0 Å². The number of methoxy groups -OCH3 is 5. The third-order valence-electron chi connectivity index (χ3n) is 6.35. The van der Waals surface area contributed by atoms with Crippen molar-refractivity contribution < 1.29 is 47.6 Å². The second kappa shape index (κ2) is 13.3. The van der Waals surface area contributed by atoms with Crippen LogP contribution in [0.15, 0.2) is 60.7 Å². The maximum absolute atomic E-state index is 13.3. The van der Waals surface area contributed by atoms with Crippen molar-refractivity contribution in [2.24, 2.45) is 0 Å². The summed E-state index contributed by atoms with van der Waals surface area (Å²) in [6.45, 7) is -0.696. The Labute approximate surface area is 246 Å². The summed E-state index contributed by atoms with van der Waals surface area (Å²) in [6, 6.07) is 15.8. The molecule has 1 aromatic heterocycles. The Kier molecular flexibility index (Phi) is 9.40. The van der Waals surface area contributed by atoms with Crippen molar-refractivity contribution in [3.63, 3.8) is 0 Å². The number of carbonyl (C=O) groups is 4. The Hall–Kier alpha value is -5.65. The number of carbonyl (C=O) groups excluding carboxylic acids is 4. The van der Waals surface area contributed by atoms with Gasteiger partial charge in [0, 0.05) is 10.9 Å². The first-order valence-electron chi connectivity index (χ1n) is 12.7. The molecule has 4 aromatic rings. The molecular weight excluding hydrogens is 560 g/mol. The van der Waals surface area contributed by atoms with Gasteiger partial charge < -0.3 is 33.7 Å². The van der Waals surface area contributed by atoms with Crippen molar-refractivity contribution in [2.75, 3.05) is 47.5 Å². The zero-order valence-corrected chi connectivity index (χ0v) is 24.0. The highest BCUT2D eigenvalue weighted by atomic mass is 16.5. The summed E-state index contributed by atoms with van der Waals surface area (Å²) in [4.78, 5) is 55.0. The summed E-state index contributed by atoms with van der Waals surface area (Å²) < 4.78 is 31.1. The first-order chi connectivity index (χ1) is 20.7. The predicted molar refractivity (Wildman–Crippen MR) is 155 cm³/mol. The molecule has 12 heteroatoms. The number of nitrogens with zero attached hydrogens (tertiary/aromatic N) is 1. The molecule has 12 nitrogen and oxygen atoms in total. The lowest BCUT2D eigenvalue weighted by molar-refractivity contribution is -0.119. The molecular formula is C31H28N2O10. The quantitative estimate of drug-likeness (QED) is 0.209. The molecule has 4 rings (SSSR count). The summed E-state index contributed by atoms with van der Waals surface area (Å²) in [5.41, 5.74) is 1.71. The van der Waals surface area contributed by atoms with E-state index in [-0.39, 0.29) is 22.4 Å². The fourth-order valence-corrected chi connectivity index (χ4v) is 4.30. The number of esters is 3. The fourth-order valence-electron chi connectivity index (χ4n) is 4.30. The van der Waals surface area contributed by atoms with Crippen molar-refractivity contribution in [1.82, 2.24) is 4.98 Å². The normalized spacial score (nSPS) is 10.4. The van der Waals surface area contributed by atoms with E-state index in [9.17, 15) is 19.2 Å². The van der Waals surface area contributed by atoms with Gasteiger partial charge >= 0.3 is 17.9 Å². The van der Waals surface area contributed by atoms with Gasteiger partial charge in [-0.3, -0.25) is 4.79 Å². The van der Waals surface area contributed by atoms with Crippen LogP contribution in [0.25, 0.3) is 22.2 Å². The Balaban J connectivity index is 1.63. The topological polar surface area (TPSA) is 149 Å². The van der Waals surface area contributed by atoms with Gasteiger partial charge in [-0.15, -0.1) is 0 Å². The van der Waals surface area contributed by atoms with E-state index in [2.05, 4.69) is 10.3 Å². The van der Waals surface area contributed by atoms with E-state index in [0.717, 1.165) is 0 Å². The van der Waals surface area contributed by atoms with Crippen molar-refractivity contribution in [3.05, 3.63) is 77.4 Å². The van der Waals surface area contributed by atoms with Crippen LogP contribution in [0.2, 0.25) is 0 Å². The molecule has 222 valence electrons. The van der Waals surface area contributed by atoms with Gasteiger partial charge in [-0.25, -0.2) is 19.4 Å². The van der Waals surface area contributed by atoms with Crippen LogP contribution >= 0.6 is 0 Å². The zero-order valence-electron chi connectivity index (χ0n) is 24.0. The van der Waals surface area contributed by atoms with E-state index in [4.69, 9.17) is 28.4 Å². The molecule has 0 aliphatic carbocycles. The number of ether oxygens (including phenoxy) is 6. The summed E-state index contributed by atoms with van der Waals surface area (Å²) >= 11 is 0. The Morgan fingerprint density at radius 2 is 1.40 bits per heavy atom. The molecule has 0 saturated heterocycles. The van der Waals surface area contributed by atoms with Gasteiger partial charge in [-0.1, -0.05) is 18.2 Å². The Morgan fingerprint density at radius 1 is 0.721 bits per heavy atom. The van der Waals surface area contributed by atoms with Crippen molar-refractivity contribution in [1.29, 1.82) is 0 Å². The van der Waals surface area contributed by atoms with Crippen molar-refractivity contribution >= 4 is 40.4 Å². The third-order valence-corrected chi connectivity index (χ3v) is 6.35. The Morgan fingerprint density at radius 3 is 2.02 bits per heavy atom. The average molecular weight is 589 g/mol. The molecule has 0 unspecified atom stereocenters. The molecule has 1 amide bonds. The van der Waals surface area contributed by atoms with Gasteiger partial charge in [-0.2, -0.15) is 0 Å². The van der Waals surface area contributed by atoms with Crippen LogP contribution in [0.5, 0.6) is 17.2 Å². The molecule has 0 spiro atoms. The standard InChI is InChI=1S/C31H28N2O10/c1-38-25-13-18(14-26(39-2)28(25)40-3)23-15-21(19-8-6-7-9-22(19)32-23)31(37)43-16-27(34)33-24-12-17(29(35)41-4)10-11-20(24)30(36)42-5/h6-15H,16H2,1-5H3,(H,33,34). The smallest absolute Gasteiger partial charge is 0.339 e. The molecule has 1 heterocycles. The second-order valence-corrected chi connectivity index (χ2v) is 8.85. The first-order valence-corrected chi connectivity index (χ1v) is 12.7. The summed E-state index contributed by atoms with van der Waals surface area (Å²) in [6.07, 6.45) is 0. The highest BCUT2D eigenvalue weighted by Crippen LogP contribution is 2.41. The molecule has 0 radical (unpaired) electrons. The zero-order chi connectivity index (χ0) is 31.1. The number of amides is 1. The molecule has 0 bridgehead atoms. The van der Waals surface area contributed by atoms with E-state index in [1.165, 1.54) is 53.7 Å². The highest BCUT2D eigenvalue weighted by molar-refractivity contribution is 6.07. The number of hydrogen-bond acceptors (Lipinski definition) is 11. The van der Waals surface area contributed by atoms with Gasteiger partial charge in [0.05, 0.1) is 69.1 Å². The van der Waals surface area contributed by atoms with Crippen molar-refractivity contribution in [2.45, 2.75) is 0 Å². The minimum absolute atomic E-state index is 0.00931. The summed E-state index contributed by atoms with van der Waals surface area (Å²) in [5, 5.41) is 2.99. The number of benzene rings is 3. The molecule has 43 heavy (non-hydrogen) atoms. The van der Waals surface area contributed by atoms with Gasteiger partial charge in [0.1, 0.15) is 0 Å². The van der Waals surface area contributed by atoms with E-state index in [1.807, 2.05) is 0 Å². The SMILES string of the molecule is COC(=O)c1ccc(C(=O)OC)c(NC(=O)COC(=O)c2cc(-c3cc(OC)c(OC)c(OC)c3)nc3ccccc23)c1. The van der Waals surface area contributed by atoms with Crippen LogP contribution in [0.1, 0.15) is 31.1 Å². The number of anilines is 1. The van der Waals surface area contributed by atoms with E-state index >= 15 is 0 Å². The first kappa shape index (κ1) is 30.3. The maximum atomic E-state index is 13.3.